The topological polar surface area (TPSA) is 60.2 Å². The molecule has 2 aromatic heterocycles. The number of hydrogen-bond acceptors (Lipinski definition) is 6. The Kier molecular flexibility index (Phi) is 4.51. The second-order valence-electron chi connectivity index (χ2n) is 4.81. The summed E-state index contributed by atoms with van der Waals surface area (Å²) < 4.78 is 7.21. The molecule has 6 heteroatoms. The van der Waals surface area contributed by atoms with Crippen molar-refractivity contribution in [3.8, 4) is 0 Å². The summed E-state index contributed by atoms with van der Waals surface area (Å²) in [7, 11) is 0. The molecule has 0 aliphatic heterocycles. The summed E-state index contributed by atoms with van der Waals surface area (Å²) >= 11 is 2.41. The van der Waals surface area contributed by atoms with Crippen LogP contribution in [0.15, 0.2) is 68.1 Å². The van der Waals surface area contributed by atoms with Crippen LogP contribution in [0.2, 0.25) is 0 Å². The quantitative estimate of drug-likeness (QED) is 0.475. The van der Waals surface area contributed by atoms with Gasteiger partial charge in [-0.05, 0) is 36.0 Å². The molecule has 2 aromatic carbocycles. The average molecular weight is 355 g/mol. The molecule has 0 fully saturated rings. The van der Waals surface area contributed by atoms with Crippen molar-refractivity contribution in [1.82, 2.24) is 4.98 Å². The number of carbonyl (C=O) groups is 1. The minimum Gasteiger partial charge on any atom is -0.452 e. The molecule has 0 aliphatic rings. The average Bonchev–Trinajstić information content (AvgIpc) is 2.97. The number of hydrogen-bond donors (Lipinski definition) is 0. The number of thiazole rings is 1. The van der Waals surface area contributed by atoms with Gasteiger partial charge in [-0.3, -0.25) is 9.59 Å². The molecular formula is C18H13NO3S2. The van der Waals surface area contributed by atoms with Crippen molar-refractivity contribution in [2.45, 2.75) is 11.8 Å². The highest BCUT2D eigenvalue weighted by Crippen LogP contribution is 2.31. The molecule has 4 nitrogen and oxygen atoms in total. The second kappa shape index (κ2) is 6.59. The number of carbonyl (C=O) groups excluding carboxylic acids is 1. The van der Waals surface area contributed by atoms with Gasteiger partial charge in [-0.1, -0.05) is 31.7 Å². The van der Waals surface area contributed by atoms with E-state index in [4.69, 9.17) is 4.42 Å². The molecule has 2 heterocycles. The van der Waals surface area contributed by atoms with Crippen LogP contribution in [0.25, 0.3) is 21.2 Å². The highest BCUT2D eigenvalue weighted by atomic mass is 32.2. The number of para-hydroxylation sites is 2. The van der Waals surface area contributed by atoms with Crippen molar-refractivity contribution in [1.29, 1.82) is 0 Å². The fraction of sp³-hybridized carbons (Fsp3) is 0.0556. The smallest absolute Gasteiger partial charge is 0.261 e. The maximum Gasteiger partial charge on any atom is 0.261 e. The van der Waals surface area contributed by atoms with Crippen molar-refractivity contribution in [2.75, 3.05) is 0 Å². The van der Waals surface area contributed by atoms with Crippen molar-refractivity contribution in [3.63, 3.8) is 0 Å². The third-order valence-electron chi connectivity index (χ3n) is 3.29. The van der Waals surface area contributed by atoms with Crippen LogP contribution in [-0.4, -0.2) is 10.1 Å². The Morgan fingerprint density at radius 3 is 2.67 bits per heavy atom. The van der Waals surface area contributed by atoms with Gasteiger partial charge in [0.15, 0.2) is 15.5 Å². The molecule has 0 amide bonds. The Morgan fingerprint density at radius 1 is 1.08 bits per heavy atom. The van der Waals surface area contributed by atoms with Gasteiger partial charge in [0.1, 0.15) is 5.58 Å². The highest BCUT2D eigenvalue weighted by Gasteiger charge is 2.16. The van der Waals surface area contributed by atoms with E-state index in [0.29, 0.717) is 15.3 Å². The summed E-state index contributed by atoms with van der Waals surface area (Å²) in [5.41, 5.74) is 1.04. The molecule has 0 N–H and O–H groups in total. The number of nitrogens with zero attached hydrogens (tertiary/aromatic N) is 1. The number of thioether (sulfide) groups is 1. The van der Waals surface area contributed by atoms with Crippen LogP contribution in [0.3, 0.4) is 0 Å². The van der Waals surface area contributed by atoms with Crippen molar-refractivity contribution in [3.05, 3.63) is 70.6 Å². The maximum atomic E-state index is 12.4. The molecule has 0 radical (unpaired) electrons. The van der Waals surface area contributed by atoms with Gasteiger partial charge in [-0.2, -0.15) is 0 Å². The third kappa shape index (κ3) is 2.98. The van der Waals surface area contributed by atoms with E-state index in [1.54, 1.807) is 24.3 Å². The monoisotopic (exact) mass is 355 g/mol. The lowest BCUT2D eigenvalue weighted by molar-refractivity contribution is 0.106. The SMILES string of the molecule is C.O=C(Sc1nc2ccccc2s1)c1cc(=O)c2ccccc2o1. The van der Waals surface area contributed by atoms with E-state index in [1.807, 2.05) is 24.3 Å². The molecule has 0 saturated carbocycles. The highest BCUT2D eigenvalue weighted by molar-refractivity contribution is 8.15. The molecule has 0 unspecified atom stereocenters. The maximum absolute atomic E-state index is 12.4. The zero-order valence-corrected chi connectivity index (χ0v) is 13.3. The Labute approximate surface area is 146 Å². The molecule has 0 spiro atoms. The Morgan fingerprint density at radius 2 is 1.83 bits per heavy atom. The van der Waals surface area contributed by atoms with E-state index in [2.05, 4.69) is 4.98 Å². The molecule has 0 saturated heterocycles. The minimum atomic E-state index is -0.327. The first-order chi connectivity index (χ1) is 11.2. The number of aromatic nitrogens is 1. The zero-order valence-electron chi connectivity index (χ0n) is 11.7. The van der Waals surface area contributed by atoms with Crippen LogP contribution < -0.4 is 5.43 Å². The number of fused-ring (bicyclic) bond motifs is 2. The fourth-order valence-corrected chi connectivity index (χ4v) is 4.09. The van der Waals surface area contributed by atoms with Crippen LogP contribution in [-0.2, 0) is 0 Å². The second-order valence-corrected chi connectivity index (χ2v) is 7.06. The minimum absolute atomic E-state index is 0. The predicted octanol–water partition coefficient (Wildman–Crippen LogP) is 4.97. The van der Waals surface area contributed by atoms with Gasteiger partial charge in [0.05, 0.1) is 15.6 Å². The molecule has 4 aromatic rings. The molecule has 120 valence electrons. The van der Waals surface area contributed by atoms with E-state index in [1.165, 1.54) is 17.4 Å². The van der Waals surface area contributed by atoms with Crippen LogP contribution in [0, 0.1) is 0 Å². The lowest BCUT2D eigenvalue weighted by atomic mass is 10.2. The van der Waals surface area contributed by atoms with Crippen LogP contribution in [0.1, 0.15) is 18.0 Å². The molecule has 0 bridgehead atoms. The van der Waals surface area contributed by atoms with Gasteiger partial charge in [0.25, 0.3) is 5.12 Å². The summed E-state index contributed by atoms with van der Waals surface area (Å²) in [6.07, 6.45) is 0. The summed E-state index contributed by atoms with van der Waals surface area (Å²) in [6, 6.07) is 15.8. The van der Waals surface area contributed by atoms with Crippen LogP contribution in [0.5, 0.6) is 0 Å². The molecular weight excluding hydrogens is 342 g/mol. The number of rotatable bonds is 2. The molecule has 0 aliphatic carbocycles. The standard InChI is InChI=1S/C17H9NO3S2.CH4/c19-12-9-14(21-13-7-3-1-5-10(12)13)16(20)23-17-18-11-6-2-4-8-15(11)22-17;/h1-9H;1H4. The summed E-state index contributed by atoms with van der Waals surface area (Å²) in [5, 5.41) is 0.140. The third-order valence-corrected chi connectivity index (χ3v) is 5.27. The van der Waals surface area contributed by atoms with E-state index in [0.717, 1.165) is 22.0 Å². The molecule has 4 rings (SSSR count). The van der Waals surface area contributed by atoms with Crippen molar-refractivity contribution < 1.29 is 9.21 Å². The Balaban J connectivity index is 0.00000169. The first kappa shape index (κ1) is 16.4. The summed E-state index contributed by atoms with van der Waals surface area (Å²) in [4.78, 5) is 28.9. The lowest BCUT2D eigenvalue weighted by Crippen LogP contribution is -2.04. The number of benzene rings is 2. The van der Waals surface area contributed by atoms with Crippen LogP contribution in [0.4, 0.5) is 0 Å². The van der Waals surface area contributed by atoms with E-state index in [9.17, 15) is 9.59 Å². The van der Waals surface area contributed by atoms with Crippen molar-refractivity contribution >= 4 is 49.4 Å². The normalized spacial score (nSPS) is 10.7. The van der Waals surface area contributed by atoms with Gasteiger partial charge in [-0.25, -0.2) is 4.98 Å². The molecule has 0 atom stereocenters. The lowest BCUT2D eigenvalue weighted by Gasteiger charge is -2.00. The van der Waals surface area contributed by atoms with Gasteiger partial charge < -0.3 is 4.42 Å². The Hall–Kier alpha value is -2.44. The first-order valence-electron chi connectivity index (χ1n) is 6.81. The van der Waals surface area contributed by atoms with Gasteiger partial charge in [0.2, 0.25) is 0 Å². The Bertz CT molecular complexity index is 1070. The van der Waals surface area contributed by atoms with E-state index in [-0.39, 0.29) is 23.7 Å². The van der Waals surface area contributed by atoms with E-state index >= 15 is 0 Å². The largest absolute Gasteiger partial charge is 0.452 e. The first-order valence-corrected chi connectivity index (χ1v) is 8.45. The van der Waals surface area contributed by atoms with Gasteiger partial charge in [-0.15, -0.1) is 11.3 Å². The summed E-state index contributed by atoms with van der Waals surface area (Å²) in [5.74, 6) is 0.0398. The van der Waals surface area contributed by atoms with Gasteiger partial charge >= 0.3 is 0 Å². The fourth-order valence-electron chi connectivity index (χ4n) is 2.23. The van der Waals surface area contributed by atoms with Gasteiger partial charge in [0, 0.05) is 6.07 Å². The van der Waals surface area contributed by atoms with Crippen LogP contribution >= 0.6 is 23.1 Å². The van der Waals surface area contributed by atoms with E-state index < -0.39 is 0 Å². The van der Waals surface area contributed by atoms with Crippen molar-refractivity contribution in [2.24, 2.45) is 0 Å². The molecule has 24 heavy (non-hydrogen) atoms. The zero-order chi connectivity index (χ0) is 15.8. The summed E-state index contributed by atoms with van der Waals surface area (Å²) in [6.45, 7) is 0. The predicted molar refractivity (Wildman–Crippen MR) is 99.0 cm³/mol.